The molecule has 0 saturated carbocycles. The lowest BCUT2D eigenvalue weighted by Crippen LogP contribution is -2.49. The number of para-hydroxylation sites is 1. The Bertz CT molecular complexity index is 752. The first kappa shape index (κ1) is 18.4. The Balaban J connectivity index is 1.59. The molecular weight excluding hydrogens is 332 g/mol. The SMILES string of the molecule is CC(=O)NC(Cc1c[nH]c2ccccc12)C(=O)NCCN1CCOCC1. The summed E-state index contributed by atoms with van der Waals surface area (Å²) in [6, 6.07) is 7.36. The van der Waals surface area contributed by atoms with Gasteiger partial charge in [0.15, 0.2) is 0 Å². The second-order valence-corrected chi connectivity index (χ2v) is 6.56. The molecule has 1 saturated heterocycles. The van der Waals surface area contributed by atoms with Gasteiger partial charge in [-0.2, -0.15) is 0 Å². The van der Waals surface area contributed by atoms with Gasteiger partial charge in [-0.1, -0.05) is 18.2 Å². The van der Waals surface area contributed by atoms with Crippen LogP contribution in [0.1, 0.15) is 12.5 Å². The first-order valence-electron chi connectivity index (χ1n) is 9.03. The Morgan fingerprint density at radius 2 is 2.04 bits per heavy atom. The molecule has 1 atom stereocenters. The van der Waals surface area contributed by atoms with Gasteiger partial charge in [-0.3, -0.25) is 14.5 Å². The van der Waals surface area contributed by atoms with Gasteiger partial charge in [-0.25, -0.2) is 0 Å². The van der Waals surface area contributed by atoms with Crippen LogP contribution < -0.4 is 10.6 Å². The van der Waals surface area contributed by atoms with E-state index in [1.165, 1.54) is 6.92 Å². The van der Waals surface area contributed by atoms with E-state index in [1.807, 2.05) is 30.5 Å². The van der Waals surface area contributed by atoms with Gasteiger partial charge >= 0.3 is 0 Å². The van der Waals surface area contributed by atoms with Crippen LogP contribution in [0.2, 0.25) is 0 Å². The molecule has 1 aromatic carbocycles. The van der Waals surface area contributed by atoms with Crippen LogP contribution in [0.15, 0.2) is 30.5 Å². The molecule has 140 valence electrons. The summed E-state index contributed by atoms with van der Waals surface area (Å²) in [5, 5.41) is 6.80. The maximum atomic E-state index is 12.6. The molecule has 7 heteroatoms. The molecule has 1 aromatic heterocycles. The molecule has 2 amide bonds. The highest BCUT2D eigenvalue weighted by Crippen LogP contribution is 2.19. The molecule has 3 N–H and O–H groups in total. The third-order valence-electron chi connectivity index (χ3n) is 4.62. The van der Waals surface area contributed by atoms with Gasteiger partial charge in [-0.15, -0.1) is 0 Å². The summed E-state index contributed by atoms with van der Waals surface area (Å²) in [7, 11) is 0. The van der Waals surface area contributed by atoms with Crippen molar-refractivity contribution in [1.29, 1.82) is 0 Å². The number of hydrogen-bond acceptors (Lipinski definition) is 4. The molecule has 7 nitrogen and oxygen atoms in total. The monoisotopic (exact) mass is 358 g/mol. The first-order valence-corrected chi connectivity index (χ1v) is 9.03. The molecule has 2 heterocycles. The van der Waals surface area contributed by atoms with Crippen molar-refractivity contribution in [2.45, 2.75) is 19.4 Å². The van der Waals surface area contributed by atoms with Crippen LogP contribution in [0.5, 0.6) is 0 Å². The quantitative estimate of drug-likeness (QED) is 0.679. The molecule has 0 bridgehead atoms. The Labute approximate surface area is 153 Å². The van der Waals surface area contributed by atoms with Gasteiger partial charge < -0.3 is 20.4 Å². The van der Waals surface area contributed by atoms with E-state index in [9.17, 15) is 9.59 Å². The minimum Gasteiger partial charge on any atom is -0.379 e. The van der Waals surface area contributed by atoms with Crippen LogP contribution in [0.25, 0.3) is 10.9 Å². The number of aromatic nitrogens is 1. The highest BCUT2D eigenvalue weighted by molar-refractivity contribution is 5.89. The number of carbonyl (C=O) groups is 2. The van der Waals surface area contributed by atoms with E-state index in [4.69, 9.17) is 4.74 Å². The number of hydrogen-bond donors (Lipinski definition) is 3. The fourth-order valence-electron chi connectivity index (χ4n) is 3.26. The van der Waals surface area contributed by atoms with Gasteiger partial charge in [0.2, 0.25) is 11.8 Å². The third-order valence-corrected chi connectivity index (χ3v) is 4.62. The zero-order valence-electron chi connectivity index (χ0n) is 15.1. The Kier molecular flexibility index (Phi) is 6.25. The molecule has 3 rings (SSSR count). The Morgan fingerprint density at radius 1 is 1.27 bits per heavy atom. The molecule has 0 spiro atoms. The molecule has 0 radical (unpaired) electrons. The van der Waals surface area contributed by atoms with Crippen molar-refractivity contribution >= 4 is 22.7 Å². The summed E-state index contributed by atoms with van der Waals surface area (Å²) in [5.74, 6) is -0.364. The van der Waals surface area contributed by atoms with E-state index in [-0.39, 0.29) is 11.8 Å². The lowest BCUT2D eigenvalue weighted by molar-refractivity contribution is -0.128. The molecule has 1 fully saturated rings. The first-order chi connectivity index (χ1) is 12.6. The number of nitrogens with zero attached hydrogens (tertiary/aromatic N) is 1. The topological polar surface area (TPSA) is 86.5 Å². The maximum Gasteiger partial charge on any atom is 0.242 e. The normalized spacial score (nSPS) is 16.3. The molecule has 2 aromatic rings. The van der Waals surface area contributed by atoms with Gasteiger partial charge in [-0.05, 0) is 11.6 Å². The van der Waals surface area contributed by atoms with E-state index < -0.39 is 6.04 Å². The van der Waals surface area contributed by atoms with Crippen LogP contribution in [0, 0.1) is 0 Å². The molecule has 26 heavy (non-hydrogen) atoms. The van der Waals surface area contributed by atoms with E-state index in [0.717, 1.165) is 49.3 Å². The Hall–Kier alpha value is -2.38. The fraction of sp³-hybridized carbons (Fsp3) is 0.474. The lowest BCUT2D eigenvalue weighted by atomic mass is 10.0. The van der Waals surface area contributed by atoms with Gasteiger partial charge in [0.05, 0.1) is 13.2 Å². The standard InChI is InChI=1S/C19H26N4O3/c1-14(24)22-18(12-15-13-21-17-5-3-2-4-16(15)17)19(25)20-6-7-23-8-10-26-11-9-23/h2-5,13,18,21H,6-12H2,1H3,(H,20,25)(H,22,24). The fourth-order valence-corrected chi connectivity index (χ4v) is 3.26. The highest BCUT2D eigenvalue weighted by atomic mass is 16.5. The average molecular weight is 358 g/mol. The predicted octanol–water partition coefficient (Wildman–Crippen LogP) is 0.664. The second-order valence-electron chi connectivity index (χ2n) is 6.56. The van der Waals surface area contributed by atoms with Gasteiger partial charge in [0.25, 0.3) is 0 Å². The number of benzene rings is 1. The minimum atomic E-state index is -0.587. The number of fused-ring (bicyclic) bond motifs is 1. The number of aromatic amines is 1. The van der Waals surface area contributed by atoms with Crippen LogP contribution in [0.3, 0.4) is 0 Å². The largest absolute Gasteiger partial charge is 0.379 e. The average Bonchev–Trinajstić information content (AvgIpc) is 3.05. The van der Waals surface area contributed by atoms with E-state index in [2.05, 4.69) is 20.5 Å². The molecule has 0 aliphatic carbocycles. The van der Waals surface area contributed by atoms with Crippen molar-refractivity contribution in [3.05, 3.63) is 36.0 Å². The van der Waals surface area contributed by atoms with Crippen molar-refractivity contribution in [3.63, 3.8) is 0 Å². The number of nitrogens with one attached hydrogen (secondary N) is 3. The van der Waals surface area contributed by atoms with Crippen LogP contribution in [-0.2, 0) is 20.7 Å². The summed E-state index contributed by atoms with van der Waals surface area (Å²) in [6.45, 7) is 6.04. The van der Waals surface area contributed by atoms with Gasteiger partial charge in [0, 0.05) is 56.6 Å². The number of morpholine rings is 1. The van der Waals surface area contributed by atoms with Crippen LogP contribution in [0.4, 0.5) is 0 Å². The van der Waals surface area contributed by atoms with Gasteiger partial charge in [0.1, 0.15) is 6.04 Å². The summed E-state index contributed by atoms with van der Waals surface area (Å²) in [5.41, 5.74) is 2.04. The lowest BCUT2D eigenvalue weighted by Gasteiger charge is -2.27. The highest BCUT2D eigenvalue weighted by Gasteiger charge is 2.21. The summed E-state index contributed by atoms with van der Waals surface area (Å²) < 4.78 is 5.32. The summed E-state index contributed by atoms with van der Waals surface area (Å²) in [4.78, 5) is 29.6. The number of ether oxygens (including phenoxy) is 1. The van der Waals surface area contributed by atoms with E-state index in [1.54, 1.807) is 0 Å². The third kappa shape index (κ3) is 4.83. The smallest absolute Gasteiger partial charge is 0.242 e. The Morgan fingerprint density at radius 3 is 2.81 bits per heavy atom. The second kappa shape index (κ2) is 8.82. The van der Waals surface area contributed by atoms with Crippen molar-refractivity contribution in [1.82, 2.24) is 20.5 Å². The molecule has 1 unspecified atom stereocenters. The van der Waals surface area contributed by atoms with Crippen molar-refractivity contribution in [3.8, 4) is 0 Å². The van der Waals surface area contributed by atoms with E-state index >= 15 is 0 Å². The number of rotatable bonds is 7. The number of amides is 2. The van der Waals surface area contributed by atoms with Crippen LogP contribution >= 0.6 is 0 Å². The van der Waals surface area contributed by atoms with E-state index in [0.29, 0.717) is 13.0 Å². The van der Waals surface area contributed by atoms with Crippen molar-refractivity contribution < 1.29 is 14.3 Å². The van der Waals surface area contributed by atoms with Crippen molar-refractivity contribution in [2.75, 3.05) is 39.4 Å². The van der Waals surface area contributed by atoms with Crippen LogP contribution in [-0.4, -0.2) is 67.1 Å². The predicted molar refractivity (Wildman–Crippen MR) is 99.9 cm³/mol. The zero-order chi connectivity index (χ0) is 18.4. The summed E-state index contributed by atoms with van der Waals surface area (Å²) in [6.07, 6.45) is 2.35. The minimum absolute atomic E-state index is 0.154. The number of H-pyrrole nitrogens is 1. The van der Waals surface area contributed by atoms with Crippen molar-refractivity contribution in [2.24, 2.45) is 0 Å². The maximum absolute atomic E-state index is 12.6. The molecule has 1 aliphatic rings. The molecular formula is C19H26N4O3. The summed E-state index contributed by atoms with van der Waals surface area (Å²) >= 11 is 0. The molecule has 1 aliphatic heterocycles. The number of carbonyl (C=O) groups excluding carboxylic acids is 2. The zero-order valence-corrected chi connectivity index (χ0v) is 15.1.